The first kappa shape index (κ1) is 18.6. The number of furan rings is 1. The summed E-state index contributed by atoms with van der Waals surface area (Å²) in [5.74, 6) is 0.681. The smallest absolute Gasteiger partial charge is 0.312 e. The van der Waals surface area contributed by atoms with Gasteiger partial charge in [-0.25, -0.2) is 0 Å². The summed E-state index contributed by atoms with van der Waals surface area (Å²) in [5, 5.41) is 16.3. The highest BCUT2D eigenvalue weighted by Crippen LogP contribution is 2.27. The third kappa shape index (κ3) is 3.42. The zero-order valence-electron chi connectivity index (χ0n) is 15.9. The highest BCUT2D eigenvalue weighted by molar-refractivity contribution is 5.83. The molecule has 2 aromatic heterocycles. The molecule has 0 bridgehead atoms. The maximum absolute atomic E-state index is 12.7. The van der Waals surface area contributed by atoms with Crippen LogP contribution in [0, 0.1) is 24.0 Å². The van der Waals surface area contributed by atoms with E-state index in [1.165, 1.54) is 4.68 Å². The van der Waals surface area contributed by atoms with Gasteiger partial charge in [0.15, 0.2) is 0 Å². The standard InChI is InChI=1S/C19H22N4O4/c1-5-16-15(14-8-6-7-9-17(14)27-16)10-21(4)18(24)11-22-13(3)19(23(25)26)12(2)20-22/h6-9H,5,10-11H2,1-4H3. The van der Waals surface area contributed by atoms with E-state index >= 15 is 0 Å². The Morgan fingerprint density at radius 3 is 2.67 bits per heavy atom. The Morgan fingerprint density at radius 1 is 1.33 bits per heavy atom. The van der Waals surface area contributed by atoms with E-state index in [-0.39, 0.29) is 18.1 Å². The number of likely N-dealkylation sites (N-methyl/N-ethyl adjacent to an activating group) is 1. The molecule has 0 radical (unpaired) electrons. The summed E-state index contributed by atoms with van der Waals surface area (Å²) in [6.07, 6.45) is 0.732. The number of aryl methyl sites for hydroxylation is 2. The van der Waals surface area contributed by atoms with Crippen LogP contribution in [0.3, 0.4) is 0 Å². The molecular formula is C19H22N4O4. The van der Waals surface area contributed by atoms with Crippen molar-refractivity contribution in [3.63, 3.8) is 0 Å². The number of carbonyl (C=O) groups is 1. The molecule has 2 heterocycles. The molecule has 3 rings (SSSR count). The molecule has 0 saturated heterocycles. The summed E-state index contributed by atoms with van der Waals surface area (Å²) >= 11 is 0. The van der Waals surface area contributed by atoms with Crippen LogP contribution < -0.4 is 0 Å². The maximum Gasteiger partial charge on any atom is 0.312 e. The van der Waals surface area contributed by atoms with E-state index in [2.05, 4.69) is 5.10 Å². The Balaban J connectivity index is 1.81. The lowest BCUT2D eigenvalue weighted by atomic mass is 10.1. The zero-order valence-corrected chi connectivity index (χ0v) is 15.9. The Kier molecular flexibility index (Phi) is 4.98. The van der Waals surface area contributed by atoms with Crippen molar-refractivity contribution in [1.29, 1.82) is 0 Å². The molecule has 0 aliphatic heterocycles. The van der Waals surface area contributed by atoms with Crippen molar-refractivity contribution in [3.8, 4) is 0 Å². The van der Waals surface area contributed by atoms with Gasteiger partial charge in [-0.2, -0.15) is 5.10 Å². The second-order valence-corrected chi connectivity index (χ2v) is 6.54. The van der Waals surface area contributed by atoms with Gasteiger partial charge in [-0.1, -0.05) is 25.1 Å². The molecule has 27 heavy (non-hydrogen) atoms. The number of rotatable bonds is 6. The van der Waals surface area contributed by atoms with Crippen LogP contribution in [0.5, 0.6) is 0 Å². The van der Waals surface area contributed by atoms with E-state index in [0.717, 1.165) is 28.7 Å². The van der Waals surface area contributed by atoms with E-state index in [1.807, 2.05) is 31.2 Å². The minimum atomic E-state index is -0.465. The number of nitrogens with zero attached hydrogens (tertiary/aromatic N) is 4. The van der Waals surface area contributed by atoms with Crippen molar-refractivity contribution >= 4 is 22.6 Å². The molecule has 1 aromatic carbocycles. The lowest BCUT2D eigenvalue weighted by molar-refractivity contribution is -0.386. The molecule has 0 fully saturated rings. The lowest BCUT2D eigenvalue weighted by Gasteiger charge is -2.17. The summed E-state index contributed by atoms with van der Waals surface area (Å²) in [6, 6.07) is 7.75. The average molecular weight is 370 g/mol. The van der Waals surface area contributed by atoms with Gasteiger partial charge in [0.2, 0.25) is 5.91 Å². The van der Waals surface area contributed by atoms with E-state index in [0.29, 0.717) is 17.9 Å². The van der Waals surface area contributed by atoms with E-state index < -0.39 is 4.92 Å². The van der Waals surface area contributed by atoms with Gasteiger partial charge in [0.05, 0.1) is 4.92 Å². The molecule has 8 nitrogen and oxygen atoms in total. The number of hydrogen-bond donors (Lipinski definition) is 0. The first-order valence-electron chi connectivity index (χ1n) is 8.75. The topological polar surface area (TPSA) is 94.4 Å². The number of amides is 1. The normalized spacial score (nSPS) is 11.1. The van der Waals surface area contributed by atoms with Crippen molar-refractivity contribution in [3.05, 3.63) is 57.1 Å². The highest BCUT2D eigenvalue weighted by atomic mass is 16.6. The van der Waals surface area contributed by atoms with Crippen LogP contribution in [0.25, 0.3) is 11.0 Å². The van der Waals surface area contributed by atoms with Gasteiger partial charge in [-0.05, 0) is 19.9 Å². The Morgan fingerprint density at radius 2 is 2.04 bits per heavy atom. The van der Waals surface area contributed by atoms with E-state index in [1.54, 1.807) is 25.8 Å². The largest absolute Gasteiger partial charge is 0.461 e. The monoisotopic (exact) mass is 370 g/mol. The third-order valence-corrected chi connectivity index (χ3v) is 4.73. The van der Waals surface area contributed by atoms with E-state index in [9.17, 15) is 14.9 Å². The molecule has 0 aliphatic carbocycles. The van der Waals surface area contributed by atoms with Gasteiger partial charge < -0.3 is 9.32 Å². The average Bonchev–Trinajstić information content (AvgIpc) is 3.12. The Hall–Kier alpha value is -3.16. The first-order valence-corrected chi connectivity index (χ1v) is 8.75. The van der Waals surface area contributed by atoms with Gasteiger partial charge in [0.25, 0.3) is 0 Å². The first-order chi connectivity index (χ1) is 12.8. The predicted octanol–water partition coefficient (Wildman–Crippen LogP) is 3.38. The number of nitro groups is 1. The quantitative estimate of drug-likeness (QED) is 0.490. The van der Waals surface area contributed by atoms with Crippen LogP contribution in [0.2, 0.25) is 0 Å². The third-order valence-electron chi connectivity index (χ3n) is 4.73. The fourth-order valence-corrected chi connectivity index (χ4v) is 3.29. The van der Waals surface area contributed by atoms with Crippen molar-refractivity contribution in [2.24, 2.45) is 0 Å². The minimum absolute atomic E-state index is 0.0421. The van der Waals surface area contributed by atoms with Gasteiger partial charge in [0.1, 0.15) is 29.3 Å². The van der Waals surface area contributed by atoms with Gasteiger partial charge in [-0.3, -0.25) is 19.6 Å². The molecule has 0 spiro atoms. The Labute approximate surface area is 156 Å². The molecule has 8 heteroatoms. The van der Waals surface area contributed by atoms with Crippen LogP contribution in [0.4, 0.5) is 5.69 Å². The molecule has 0 saturated carbocycles. The van der Waals surface area contributed by atoms with Crippen molar-refractivity contribution in [2.45, 2.75) is 40.3 Å². The molecule has 0 aliphatic rings. The zero-order chi connectivity index (χ0) is 19.7. The number of aromatic nitrogens is 2. The van der Waals surface area contributed by atoms with E-state index in [4.69, 9.17) is 4.42 Å². The summed E-state index contributed by atoms with van der Waals surface area (Å²) in [5.41, 5.74) is 2.44. The maximum atomic E-state index is 12.7. The number of carbonyl (C=O) groups excluding carboxylic acids is 1. The summed E-state index contributed by atoms with van der Waals surface area (Å²) < 4.78 is 7.27. The van der Waals surface area contributed by atoms with Crippen LogP contribution in [0.15, 0.2) is 28.7 Å². The van der Waals surface area contributed by atoms with Crippen LogP contribution in [0.1, 0.15) is 29.6 Å². The molecule has 0 unspecified atom stereocenters. The fourth-order valence-electron chi connectivity index (χ4n) is 3.29. The SMILES string of the molecule is CCc1oc2ccccc2c1CN(C)C(=O)Cn1nc(C)c([N+](=O)[O-])c1C. The summed E-state index contributed by atoms with van der Waals surface area (Å²) in [6.45, 7) is 5.54. The van der Waals surface area contributed by atoms with Crippen LogP contribution in [-0.2, 0) is 24.3 Å². The number of fused-ring (bicyclic) bond motifs is 1. The van der Waals surface area contributed by atoms with Crippen LogP contribution in [-0.4, -0.2) is 32.6 Å². The summed E-state index contributed by atoms with van der Waals surface area (Å²) in [4.78, 5) is 24.9. The molecular weight excluding hydrogens is 348 g/mol. The van der Waals surface area contributed by atoms with Gasteiger partial charge in [0, 0.05) is 31.0 Å². The minimum Gasteiger partial charge on any atom is -0.461 e. The molecule has 3 aromatic rings. The fraction of sp³-hybridized carbons (Fsp3) is 0.368. The van der Waals surface area contributed by atoms with Crippen molar-refractivity contribution in [1.82, 2.24) is 14.7 Å². The van der Waals surface area contributed by atoms with Gasteiger partial charge in [-0.15, -0.1) is 0 Å². The van der Waals surface area contributed by atoms with Crippen molar-refractivity contribution < 1.29 is 14.1 Å². The predicted molar refractivity (Wildman–Crippen MR) is 100 cm³/mol. The molecule has 142 valence electrons. The number of benzene rings is 1. The highest BCUT2D eigenvalue weighted by Gasteiger charge is 2.24. The van der Waals surface area contributed by atoms with Crippen LogP contribution >= 0.6 is 0 Å². The van der Waals surface area contributed by atoms with Crippen molar-refractivity contribution in [2.75, 3.05) is 7.05 Å². The molecule has 0 atom stereocenters. The second kappa shape index (κ2) is 7.22. The van der Waals surface area contributed by atoms with Gasteiger partial charge >= 0.3 is 5.69 Å². The molecule has 0 N–H and O–H groups in total. The number of para-hydroxylation sites is 1. The second-order valence-electron chi connectivity index (χ2n) is 6.54. The Bertz CT molecular complexity index is 1020. The summed E-state index contributed by atoms with van der Waals surface area (Å²) in [7, 11) is 1.71. The molecule has 1 amide bonds. The lowest BCUT2D eigenvalue weighted by Crippen LogP contribution is -2.30. The number of hydrogen-bond acceptors (Lipinski definition) is 5.